The molecule has 0 radical (unpaired) electrons. The number of hydrogen-bond donors (Lipinski definition) is 1. The number of halogens is 1. The van der Waals surface area contributed by atoms with Gasteiger partial charge in [-0.3, -0.25) is 0 Å². The van der Waals surface area contributed by atoms with Crippen LogP contribution in [0, 0.1) is 19.7 Å². The molecule has 2 aromatic rings. The fraction of sp³-hybridized carbons (Fsp3) is 0.412. The van der Waals surface area contributed by atoms with E-state index >= 15 is 0 Å². The summed E-state index contributed by atoms with van der Waals surface area (Å²) in [6.07, 6.45) is 0. The highest BCUT2D eigenvalue weighted by Gasteiger charge is 2.10. The molecule has 0 atom stereocenters. The van der Waals surface area contributed by atoms with Crippen molar-refractivity contribution in [2.24, 2.45) is 0 Å². The molecule has 1 heterocycles. The number of rotatable bonds is 6. The van der Waals surface area contributed by atoms with Crippen LogP contribution in [-0.2, 0) is 13.2 Å². The zero-order chi connectivity index (χ0) is 15.4. The quantitative estimate of drug-likeness (QED) is 0.869. The molecule has 0 bridgehead atoms. The van der Waals surface area contributed by atoms with Gasteiger partial charge in [0.1, 0.15) is 18.1 Å². The Balaban J connectivity index is 2.00. The lowest BCUT2D eigenvalue weighted by atomic mass is 10.2. The van der Waals surface area contributed by atoms with E-state index in [2.05, 4.69) is 19.2 Å². The minimum absolute atomic E-state index is 0.225. The Labute approximate surface area is 125 Å². The van der Waals surface area contributed by atoms with Gasteiger partial charge in [-0.1, -0.05) is 19.9 Å². The second-order valence-corrected chi connectivity index (χ2v) is 5.55. The van der Waals surface area contributed by atoms with Crippen LogP contribution >= 0.6 is 0 Å². The minimum Gasteiger partial charge on any atom is -0.483 e. The van der Waals surface area contributed by atoms with E-state index in [4.69, 9.17) is 9.15 Å². The van der Waals surface area contributed by atoms with E-state index in [0.29, 0.717) is 11.8 Å². The first kappa shape index (κ1) is 15.6. The molecule has 4 heteroatoms. The predicted octanol–water partition coefficient (Wildman–Crippen LogP) is 4.11. The van der Waals surface area contributed by atoms with Gasteiger partial charge in [-0.15, -0.1) is 0 Å². The first-order valence-electron chi connectivity index (χ1n) is 7.16. The molecule has 0 saturated carbocycles. The average Bonchev–Trinajstić information content (AvgIpc) is 2.78. The predicted molar refractivity (Wildman–Crippen MR) is 80.9 cm³/mol. The van der Waals surface area contributed by atoms with Gasteiger partial charge < -0.3 is 14.5 Å². The highest BCUT2D eigenvalue weighted by molar-refractivity contribution is 5.29. The lowest BCUT2D eigenvalue weighted by molar-refractivity contribution is 0.256. The van der Waals surface area contributed by atoms with Gasteiger partial charge in [0.15, 0.2) is 11.6 Å². The molecule has 1 aromatic heterocycles. The third-order valence-corrected chi connectivity index (χ3v) is 3.23. The van der Waals surface area contributed by atoms with E-state index in [-0.39, 0.29) is 18.2 Å². The van der Waals surface area contributed by atoms with Crippen LogP contribution in [0.15, 0.2) is 28.7 Å². The van der Waals surface area contributed by atoms with Crippen LogP contribution in [-0.4, -0.2) is 6.04 Å². The summed E-state index contributed by atoms with van der Waals surface area (Å²) in [5.74, 6) is 1.47. The van der Waals surface area contributed by atoms with Gasteiger partial charge in [0.25, 0.3) is 0 Å². The van der Waals surface area contributed by atoms with Gasteiger partial charge in [-0.05, 0) is 37.6 Å². The summed E-state index contributed by atoms with van der Waals surface area (Å²) < 4.78 is 24.8. The van der Waals surface area contributed by atoms with Crippen LogP contribution < -0.4 is 10.1 Å². The molecule has 0 aliphatic heterocycles. The molecule has 21 heavy (non-hydrogen) atoms. The van der Waals surface area contributed by atoms with Gasteiger partial charge >= 0.3 is 0 Å². The van der Waals surface area contributed by atoms with E-state index < -0.39 is 0 Å². The van der Waals surface area contributed by atoms with Gasteiger partial charge in [0.05, 0.1) is 0 Å². The van der Waals surface area contributed by atoms with Crippen LogP contribution in [0.4, 0.5) is 4.39 Å². The number of hydrogen-bond acceptors (Lipinski definition) is 3. The first-order chi connectivity index (χ1) is 9.95. The lowest BCUT2D eigenvalue weighted by Crippen LogP contribution is -2.21. The Bertz CT molecular complexity index is 605. The van der Waals surface area contributed by atoms with Gasteiger partial charge in [0.2, 0.25) is 0 Å². The topological polar surface area (TPSA) is 34.4 Å². The maximum absolute atomic E-state index is 13.6. The molecule has 0 aliphatic rings. The molecule has 3 nitrogen and oxygen atoms in total. The Hall–Kier alpha value is -1.81. The third-order valence-electron chi connectivity index (χ3n) is 3.23. The Morgan fingerprint density at radius 3 is 2.71 bits per heavy atom. The molecule has 0 spiro atoms. The van der Waals surface area contributed by atoms with Crippen molar-refractivity contribution in [3.8, 4) is 5.75 Å². The van der Waals surface area contributed by atoms with Crippen molar-refractivity contribution in [3.63, 3.8) is 0 Å². The maximum Gasteiger partial charge on any atom is 0.165 e. The number of ether oxygens (including phenoxy) is 1. The SMILES string of the molecule is Cc1ccc(F)c(OCc2cc(CNC(C)C)c(C)o2)c1. The zero-order valence-corrected chi connectivity index (χ0v) is 13.0. The number of aryl methyl sites for hydroxylation is 2. The molecular weight excluding hydrogens is 269 g/mol. The van der Waals surface area contributed by atoms with E-state index in [1.807, 2.05) is 19.9 Å². The van der Waals surface area contributed by atoms with Crippen LogP contribution in [0.2, 0.25) is 0 Å². The van der Waals surface area contributed by atoms with Crippen LogP contribution in [0.3, 0.4) is 0 Å². The van der Waals surface area contributed by atoms with Crippen molar-refractivity contribution in [1.82, 2.24) is 5.32 Å². The summed E-state index contributed by atoms with van der Waals surface area (Å²) in [6.45, 7) is 9.00. The summed E-state index contributed by atoms with van der Waals surface area (Å²) in [5, 5.41) is 3.35. The normalized spacial score (nSPS) is 11.1. The molecule has 0 unspecified atom stereocenters. The highest BCUT2D eigenvalue weighted by Crippen LogP contribution is 2.21. The summed E-state index contributed by atoms with van der Waals surface area (Å²) in [5.41, 5.74) is 2.07. The lowest BCUT2D eigenvalue weighted by Gasteiger charge is -2.06. The van der Waals surface area contributed by atoms with Gasteiger partial charge in [0, 0.05) is 18.2 Å². The number of nitrogens with one attached hydrogen (secondary N) is 1. The number of benzene rings is 1. The van der Waals surface area contributed by atoms with Crippen LogP contribution in [0.25, 0.3) is 0 Å². The largest absolute Gasteiger partial charge is 0.483 e. The zero-order valence-electron chi connectivity index (χ0n) is 13.0. The highest BCUT2D eigenvalue weighted by atomic mass is 19.1. The Morgan fingerprint density at radius 2 is 2.00 bits per heavy atom. The van der Waals surface area contributed by atoms with E-state index in [9.17, 15) is 4.39 Å². The third kappa shape index (κ3) is 4.33. The van der Waals surface area contributed by atoms with E-state index in [0.717, 1.165) is 23.4 Å². The summed E-state index contributed by atoms with van der Waals surface area (Å²) in [7, 11) is 0. The van der Waals surface area contributed by atoms with Crippen LogP contribution in [0.1, 0.15) is 36.5 Å². The first-order valence-corrected chi connectivity index (χ1v) is 7.16. The van der Waals surface area contributed by atoms with Crippen LogP contribution in [0.5, 0.6) is 5.75 Å². The van der Waals surface area contributed by atoms with E-state index in [1.165, 1.54) is 6.07 Å². The van der Waals surface area contributed by atoms with Gasteiger partial charge in [-0.2, -0.15) is 0 Å². The second-order valence-electron chi connectivity index (χ2n) is 5.55. The second kappa shape index (κ2) is 6.76. The summed E-state index contributed by atoms with van der Waals surface area (Å²) in [4.78, 5) is 0. The van der Waals surface area contributed by atoms with Crippen molar-refractivity contribution in [2.75, 3.05) is 0 Å². The van der Waals surface area contributed by atoms with Crippen molar-refractivity contribution in [3.05, 3.63) is 52.7 Å². The Kier molecular flexibility index (Phi) is 5.02. The van der Waals surface area contributed by atoms with Crippen molar-refractivity contribution in [1.29, 1.82) is 0 Å². The summed E-state index contributed by atoms with van der Waals surface area (Å²) >= 11 is 0. The monoisotopic (exact) mass is 291 g/mol. The fourth-order valence-corrected chi connectivity index (χ4v) is 2.02. The maximum atomic E-state index is 13.6. The molecule has 114 valence electrons. The summed E-state index contributed by atoms with van der Waals surface area (Å²) in [6, 6.07) is 7.19. The average molecular weight is 291 g/mol. The fourth-order valence-electron chi connectivity index (χ4n) is 2.02. The Morgan fingerprint density at radius 1 is 1.24 bits per heavy atom. The smallest absolute Gasteiger partial charge is 0.165 e. The minimum atomic E-state index is -0.356. The molecule has 0 amide bonds. The molecule has 0 aliphatic carbocycles. The standard InChI is InChI=1S/C17H22FNO2/c1-11(2)19-9-14-8-15(21-13(14)4)10-20-17-7-12(3)5-6-16(17)18/h5-8,11,19H,9-10H2,1-4H3. The molecule has 0 saturated heterocycles. The van der Waals surface area contributed by atoms with Crippen molar-refractivity contribution >= 4 is 0 Å². The van der Waals surface area contributed by atoms with E-state index in [1.54, 1.807) is 12.1 Å². The molecular formula is C17H22FNO2. The van der Waals surface area contributed by atoms with Crippen molar-refractivity contribution in [2.45, 2.75) is 46.9 Å². The molecule has 1 aromatic carbocycles. The molecule has 1 N–H and O–H groups in total. The van der Waals surface area contributed by atoms with Gasteiger partial charge in [-0.25, -0.2) is 4.39 Å². The molecule has 2 rings (SSSR count). The number of furan rings is 1. The molecule has 0 fully saturated rings. The van der Waals surface area contributed by atoms with Crippen molar-refractivity contribution < 1.29 is 13.5 Å².